The molecule has 0 radical (unpaired) electrons. The van der Waals surface area contributed by atoms with Crippen molar-refractivity contribution in [3.8, 4) is 5.75 Å². The average Bonchev–Trinajstić information content (AvgIpc) is 2.47. The van der Waals surface area contributed by atoms with Gasteiger partial charge in [0.2, 0.25) is 5.91 Å². The Morgan fingerprint density at radius 2 is 2.10 bits per heavy atom. The largest absolute Gasteiger partial charge is 0.496 e. The molecule has 0 aromatic heterocycles. The highest BCUT2D eigenvalue weighted by Crippen LogP contribution is 2.22. The summed E-state index contributed by atoms with van der Waals surface area (Å²) in [4.78, 5) is 13.5. The molecule has 3 N–H and O–H groups in total. The average molecular weight is 277 g/mol. The van der Waals surface area contributed by atoms with E-state index in [-0.39, 0.29) is 5.91 Å². The molecule has 0 saturated carbocycles. The summed E-state index contributed by atoms with van der Waals surface area (Å²) in [7, 11) is 1.67. The quantitative estimate of drug-likeness (QED) is 0.804. The minimum Gasteiger partial charge on any atom is -0.496 e. The maximum Gasteiger partial charge on any atom is 0.231 e. The van der Waals surface area contributed by atoms with Crippen LogP contribution in [0.1, 0.15) is 18.4 Å². The Morgan fingerprint density at radius 1 is 1.40 bits per heavy atom. The number of benzene rings is 1. The molecule has 0 aliphatic carbocycles. The summed E-state index contributed by atoms with van der Waals surface area (Å²) in [6, 6.07) is 8.32. The smallest absolute Gasteiger partial charge is 0.231 e. The normalized spacial score (nSPS) is 16.3. The van der Waals surface area contributed by atoms with Crippen LogP contribution >= 0.6 is 0 Å². The lowest BCUT2D eigenvalue weighted by Gasteiger charge is -2.34. The lowest BCUT2D eigenvalue weighted by atomic mass is 10.0. The monoisotopic (exact) mass is 277 g/mol. The fraction of sp³-hybridized carbons (Fsp3) is 0.533. The van der Waals surface area contributed by atoms with E-state index in [0.29, 0.717) is 19.1 Å². The summed E-state index contributed by atoms with van der Waals surface area (Å²) in [6.07, 6.45) is 2.09. The van der Waals surface area contributed by atoms with Gasteiger partial charge in [-0.3, -0.25) is 9.69 Å². The van der Waals surface area contributed by atoms with Gasteiger partial charge in [-0.25, -0.2) is 0 Å². The standard InChI is InChI=1S/C15H23N3O2/c1-20-14-5-3-2-4-12(14)10-18(11-15(16)19)13-6-8-17-9-7-13/h2-5,13,17H,6-11H2,1H3,(H2,16,19). The van der Waals surface area contributed by atoms with Gasteiger partial charge < -0.3 is 15.8 Å². The molecule has 1 heterocycles. The number of nitrogens with zero attached hydrogens (tertiary/aromatic N) is 1. The third-order valence-electron chi connectivity index (χ3n) is 3.75. The minimum absolute atomic E-state index is 0.279. The van der Waals surface area contributed by atoms with Gasteiger partial charge in [0.15, 0.2) is 0 Å². The molecule has 1 aromatic rings. The van der Waals surface area contributed by atoms with E-state index in [9.17, 15) is 4.79 Å². The first-order valence-corrected chi connectivity index (χ1v) is 7.05. The number of piperidine rings is 1. The van der Waals surface area contributed by atoms with Crippen molar-refractivity contribution in [2.45, 2.75) is 25.4 Å². The Bertz CT molecular complexity index is 444. The first-order valence-electron chi connectivity index (χ1n) is 7.05. The Morgan fingerprint density at radius 3 is 2.75 bits per heavy atom. The van der Waals surface area contributed by atoms with Crippen LogP contribution in [-0.2, 0) is 11.3 Å². The second-order valence-corrected chi connectivity index (χ2v) is 5.16. The van der Waals surface area contributed by atoms with Gasteiger partial charge in [0, 0.05) is 18.2 Å². The molecular weight excluding hydrogens is 254 g/mol. The molecule has 1 aromatic carbocycles. The number of rotatable bonds is 6. The molecule has 20 heavy (non-hydrogen) atoms. The summed E-state index contributed by atoms with van der Waals surface area (Å²) < 4.78 is 5.38. The van der Waals surface area contributed by atoms with Crippen LogP contribution in [-0.4, -0.2) is 43.6 Å². The summed E-state index contributed by atoms with van der Waals surface area (Å²) >= 11 is 0. The van der Waals surface area contributed by atoms with Gasteiger partial charge in [-0.15, -0.1) is 0 Å². The first-order chi connectivity index (χ1) is 9.70. The van der Waals surface area contributed by atoms with Crippen molar-refractivity contribution in [1.82, 2.24) is 10.2 Å². The topological polar surface area (TPSA) is 67.6 Å². The van der Waals surface area contributed by atoms with Crippen molar-refractivity contribution in [2.24, 2.45) is 5.73 Å². The van der Waals surface area contributed by atoms with Gasteiger partial charge in [-0.05, 0) is 32.0 Å². The van der Waals surface area contributed by atoms with Gasteiger partial charge in [0.05, 0.1) is 13.7 Å². The second kappa shape index (κ2) is 7.26. The van der Waals surface area contributed by atoms with Gasteiger partial charge in [-0.2, -0.15) is 0 Å². The lowest BCUT2D eigenvalue weighted by molar-refractivity contribution is -0.120. The van der Waals surface area contributed by atoms with Crippen LogP contribution in [0, 0.1) is 0 Å². The fourth-order valence-electron chi connectivity index (χ4n) is 2.74. The van der Waals surface area contributed by atoms with Crippen LogP contribution in [0.15, 0.2) is 24.3 Å². The lowest BCUT2D eigenvalue weighted by Crippen LogP contribution is -2.46. The van der Waals surface area contributed by atoms with E-state index in [1.807, 2.05) is 24.3 Å². The minimum atomic E-state index is -0.279. The van der Waals surface area contributed by atoms with Crippen molar-refractivity contribution < 1.29 is 9.53 Å². The Labute approximate surface area is 120 Å². The molecule has 0 spiro atoms. The molecule has 1 amide bonds. The number of hydrogen-bond acceptors (Lipinski definition) is 4. The molecule has 2 rings (SSSR count). The predicted octanol–water partition coefficient (Wildman–Crippen LogP) is 0.735. The van der Waals surface area contributed by atoms with Crippen molar-refractivity contribution in [3.63, 3.8) is 0 Å². The number of methoxy groups -OCH3 is 1. The molecule has 110 valence electrons. The van der Waals surface area contributed by atoms with Gasteiger partial charge in [-0.1, -0.05) is 18.2 Å². The van der Waals surface area contributed by atoms with Gasteiger partial charge >= 0.3 is 0 Å². The summed E-state index contributed by atoms with van der Waals surface area (Å²) in [5.41, 5.74) is 6.49. The van der Waals surface area contributed by atoms with Crippen molar-refractivity contribution >= 4 is 5.91 Å². The van der Waals surface area contributed by atoms with Crippen LogP contribution in [0.3, 0.4) is 0 Å². The molecule has 1 aliphatic heterocycles. The van der Waals surface area contributed by atoms with Gasteiger partial charge in [0.1, 0.15) is 5.75 Å². The Balaban J connectivity index is 2.11. The molecule has 1 fully saturated rings. The van der Waals surface area contributed by atoms with Crippen LogP contribution in [0.2, 0.25) is 0 Å². The molecular formula is C15H23N3O2. The third kappa shape index (κ3) is 3.95. The number of nitrogens with one attached hydrogen (secondary N) is 1. The SMILES string of the molecule is COc1ccccc1CN(CC(N)=O)C1CCNCC1. The highest BCUT2D eigenvalue weighted by molar-refractivity contribution is 5.76. The number of primary amides is 1. The van der Waals surface area contributed by atoms with E-state index in [1.54, 1.807) is 7.11 Å². The van der Waals surface area contributed by atoms with Crippen LogP contribution < -0.4 is 15.8 Å². The van der Waals surface area contributed by atoms with Crippen molar-refractivity contribution in [2.75, 3.05) is 26.7 Å². The molecule has 1 aliphatic rings. The number of nitrogens with two attached hydrogens (primary N) is 1. The second-order valence-electron chi connectivity index (χ2n) is 5.16. The number of carbonyl (C=O) groups excluding carboxylic acids is 1. The summed E-state index contributed by atoms with van der Waals surface area (Å²) in [5.74, 6) is 0.578. The van der Waals surface area contributed by atoms with E-state index in [2.05, 4.69) is 10.2 Å². The molecule has 0 atom stereocenters. The maximum atomic E-state index is 11.3. The third-order valence-corrected chi connectivity index (χ3v) is 3.75. The number of para-hydroxylation sites is 1. The molecule has 0 bridgehead atoms. The zero-order valence-corrected chi connectivity index (χ0v) is 12.0. The fourth-order valence-corrected chi connectivity index (χ4v) is 2.74. The van der Waals surface area contributed by atoms with Crippen molar-refractivity contribution in [1.29, 1.82) is 0 Å². The number of hydrogen-bond donors (Lipinski definition) is 2. The zero-order chi connectivity index (χ0) is 14.4. The van der Waals surface area contributed by atoms with E-state index in [0.717, 1.165) is 37.2 Å². The maximum absolute atomic E-state index is 11.3. The molecule has 5 nitrogen and oxygen atoms in total. The van der Waals surface area contributed by atoms with E-state index in [1.165, 1.54) is 0 Å². The molecule has 0 unspecified atom stereocenters. The van der Waals surface area contributed by atoms with Gasteiger partial charge in [0.25, 0.3) is 0 Å². The Kier molecular flexibility index (Phi) is 5.38. The Hall–Kier alpha value is -1.59. The van der Waals surface area contributed by atoms with Crippen LogP contribution in [0.5, 0.6) is 5.75 Å². The summed E-state index contributed by atoms with van der Waals surface area (Å²) in [6.45, 7) is 2.97. The number of amides is 1. The highest BCUT2D eigenvalue weighted by Gasteiger charge is 2.23. The van der Waals surface area contributed by atoms with Crippen molar-refractivity contribution in [3.05, 3.63) is 29.8 Å². The van der Waals surface area contributed by atoms with Crippen LogP contribution in [0.25, 0.3) is 0 Å². The predicted molar refractivity (Wildman–Crippen MR) is 78.5 cm³/mol. The number of carbonyl (C=O) groups is 1. The molecule has 5 heteroatoms. The zero-order valence-electron chi connectivity index (χ0n) is 12.0. The van der Waals surface area contributed by atoms with E-state index < -0.39 is 0 Å². The van der Waals surface area contributed by atoms with E-state index in [4.69, 9.17) is 10.5 Å². The first kappa shape index (κ1) is 14.8. The highest BCUT2D eigenvalue weighted by atomic mass is 16.5. The van der Waals surface area contributed by atoms with E-state index >= 15 is 0 Å². The molecule has 1 saturated heterocycles. The summed E-state index contributed by atoms with van der Waals surface area (Å²) in [5, 5.41) is 3.34. The van der Waals surface area contributed by atoms with Crippen LogP contribution in [0.4, 0.5) is 0 Å². The number of ether oxygens (including phenoxy) is 1.